The molecular formula is C16H24O4. The van der Waals surface area contributed by atoms with E-state index in [-0.39, 0.29) is 17.3 Å². The maximum atomic E-state index is 11.6. The molecule has 0 aliphatic heterocycles. The summed E-state index contributed by atoms with van der Waals surface area (Å²) in [4.78, 5) is 11.6. The molecule has 0 radical (unpaired) electrons. The summed E-state index contributed by atoms with van der Waals surface area (Å²) < 4.78 is 4.70. The van der Waals surface area contributed by atoms with Gasteiger partial charge in [0.1, 0.15) is 0 Å². The molecule has 0 aromatic rings. The molecule has 4 nitrogen and oxygen atoms in total. The lowest BCUT2D eigenvalue weighted by molar-refractivity contribution is -0.140. The molecule has 0 aromatic carbocycles. The Morgan fingerprint density at radius 3 is 2.65 bits per heavy atom. The molecule has 0 aromatic heterocycles. The second-order valence-corrected chi connectivity index (χ2v) is 6.35. The van der Waals surface area contributed by atoms with Crippen LogP contribution in [0.3, 0.4) is 0 Å². The molecule has 2 fully saturated rings. The highest BCUT2D eigenvalue weighted by molar-refractivity contribution is 5.88. The Morgan fingerprint density at radius 2 is 2.05 bits per heavy atom. The molecule has 0 heterocycles. The third-order valence-electron chi connectivity index (χ3n) is 5.29. The molecule has 2 aliphatic rings. The largest absolute Gasteiger partial charge is 0.466 e. The summed E-state index contributed by atoms with van der Waals surface area (Å²) in [5.74, 6) is -0.978. The molecule has 2 N–H and O–H groups in total. The lowest BCUT2D eigenvalue weighted by atomic mass is 9.54. The zero-order valence-corrected chi connectivity index (χ0v) is 12.3. The van der Waals surface area contributed by atoms with Crippen LogP contribution in [-0.4, -0.2) is 35.5 Å². The van der Waals surface area contributed by atoms with Crippen molar-refractivity contribution in [2.24, 2.45) is 17.3 Å². The molecule has 0 spiro atoms. The van der Waals surface area contributed by atoms with Crippen molar-refractivity contribution in [3.05, 3.63) is 24.3 Å². The number of aliphatic hydroxyl groups is 2. The molecule has 2 rings (SSSR count). The van der Waals surface area contributed by atoms with Crippen LogP contribution in [0, 0.1) is 17.3 Å². The van der Waals surface area contributed by atoms with Gasteiger partial charge in [0.05, 0.1) is 19.3 Å². The van der Waals surface area contributed by atoms with Crippen LogP contribution in [0.1, 0.15) is 32.6 Å². The van der Waals surface area contributed by atoms with Crippen molar-refractivity contribution in [3.8, 4) is 0 Å². The Labute approximate surface area is 120 Å². The summed E-state index contributed by atoms with van der Waals surface area (Å²) in [6.07, 6.45) is 1.63. The number of methoxy groups -OCH3 is 1. The number of rotatable bonds is 2. The molecule has 4 heteroatoms. The van der Waals surface area contributed by atoms with Gasteiger partial charge in [0, 0.05) is 22.8 Å². The van der Waals surface area contributed by atoms with Gasteiger partial charge in [-0.05, 0) is 25.7 Å². The summed E-state index contributed by atoms with van der Waals surface area (Å²) in [6, 6.07) is 0. The predicted octanol–water partition coefficient (Wildman–Crippen LogP) is 1.82. The molecule has 112 valence electrons. The molecule has 20 heavy (non-hydrogen) atoms. The molecule has 0 bridgehead atoms. The van der Waals surface area contributed by atoms with Crippen LogP contribution < -0.4 is 0 Å². The Balaban J connectivity index is 2.27. The molecule has 0 saturated heterocycles. The van der Waals surface area contributed by atoms with Gasteiger partial charge in [-0.3, -0.25) is 0 Å². The standard InChI is InChI=1S/C16H24O4/c1-9-5-6-12(17)16(3)8-7-11(14(18)13(9)16)10(2)15(19)20-4/h11-14,17-18H,1-2,5-8H2,3-4H3/t11-,12+,13?,14?,16?/m0/s1. The Kier molecular flexibility index (Phi) is 4.07. The minimum absolute atomic E-state index is 0.189. The van der Waals surface area contributed by atoms with E-state index in [1.54, 1.807) is 0 Å². The number of esters is 1. The van der Waals surface area contributed by atoms with Gasteiger partial charge in [-0.15, -0.1) is 0 Å². The van der Waals surface area contributed by atoms with E-state index in [0.717, 1.165) is 18.4 Å². The lowest BCUT2D eigenvalue weighted by Gasteiger charge is -2.53. The maximum Gasteiger partial charge on any atom is 0.333 e. The summed E-state index contributed by atoms with van der Waals surface area (Å²) in [5.41, 5.74) is 0.921. The number of fused-ring (bicyclic) bond motifs is 1. The molecule has 2 saturated carbocycles. The highest BCUT2D eigenvalue weighted by Crippen LogP contribution is 2.54. The Morgan fingerprint density at radius 1 is 1.40 bits per heavy atom. The van der Waals surface area contributed by atoms with Gasteiger partial charge < -0.3 is 14.9 Å². The van der Waals surface area contributed by atoms with E-state index in [1.807, 2.05) is 6.92 Å². The Hall–Kier alpha value is -1.13. The van der Waals surface area contributed by atoms with Crippen LogP contribution in [0.25, 0.3) is 0 Å². The molecule has 3 unspecified atom stereocenters. The van der Waals surface area contributed by atoms with Crippen LogP contribution >= 0.6 is 0 Å². The fraction of sp³-hybridized carbons (Fsp3) is 0.688. The number of hydrogen-bond donors (Lipinski definition) is 2. The van der Waals surface area contributed by atoms with Crippen LogP contribution in [0.2, 0.25) is 0 Å². The first-order valence-electron chi connectivity index (χ1n) is 7.13. The summed E-state index contributed by atoms with van der Waals surface area (Å²) in [6.45, 7) is 9.85. The minimum atomic E-state index is -0.734. The molecule has 0 amide bonds. The van der Waals surface area contributed by atoms with E-state index in [1.165, 1.54) is 7.11 Å². The third kappa shape index (κ3) is 2.21. The van der Waals surface area contributed by atoms with Gasteiger partial charge >= 0.3 is 5.97 Å². The van der Waals surface area contributed by atoms with Crippen molar-refractivity contribution in [1.82, 2.24) is 0 Å². The SMILES string of the molecule is C=C1CC[C@@H](O)C2(C)CC[C@@H](C(=C)C(=O)OC)C(O)C12. The van der Waals surface area contributed by atoms with Crippen molar-refractivity contribution >= 4 is 5.97 Å². The lowest BCUT2D eigenvalue weighted by Crippen LogP contribution is -2.54. The quantitative estimate of drug-likeness (QED) is 0.460. The van der Waals surface area contributed by atoms with Crippen LogP contribution in [0.5, 0.6) is 0 Å². The average molecular weight is 280 g/mol. The zero-order valence-electron chi connectivity index (χ0n) is 12.3. The number of carbonyl (C=O) groups excluding carboxylic acids is 1. The number of carbonyl (C=O) groups is 1. The number of ether oxygens (including phenoxy) is 1. The Bertz CT molecular complexity index is 442. The first kappa shape index (κ1) is 15.3. The molecule has 2 aliphatic carbocycles. The van der Waals surface area contributed by atoms with Crippen molar-refractivity contribution < 1.29 is 19.7 Å². The van der Waals surface area contributed by atoms with Crippen molar-refractivity contribution in [2.45, 2.75) is 44.8 Å². The maximum absolute atomic E-state index is 11.6. The fourth-order valence-electron chi connectivity index (χ4n) is 3.97. The van der Waals surface area contributed by atoms with Crippen molar-refractivity contribution in [1.29, 1.82) is 0 Å². The van der Waals surface area contributed by atoms with Crippen molar-refractivity contribution in [2.75, 3.05) is 7.11 Å². The van der Waals surface area contributed by atoms with E-state index < -0.39 is 18.2 Å². The highest BCUT2D eigenvalue weighted by atomic mass is 16.5. The summed E-state index contributed by atoms with van der Waals surface area (Å²) in [5, 5.41) is 21.0. The zero-order chi connectivity index (χ0) is 15.1. The second kappa shape index (κ2) is 5.34. The minimum Gasteiger partial charge on any atom is -0.466 e. The number of hydrogen-bond acceptors (Lipinski definition) is 4. The second-order valence-electron chi connectivity index (χ2n) is 6.35. The van der Waals surface area contributed by atoms with E-state index in [2.05, 4.69) is 13.2 Å². The van der Waals surface area contributed by atoms with Gasteiger partial charge in [0.15, 0.2) is 0 Å². The van der Waals surface area contributed by atoms with Gasteiger partial charge in [0.2, 0.25) is 0 Å². The van der Waals surface area contributed by atoms with Gasteiger partial charge in [-0.2, -0.15) is 0 Å². The monoisotopic (exact) mass is 280 g/mol. The van der Waals surface area contributed by atoms with Gasteiger partial charge in [-0.25, -0.2) is 4.79 Å². The van der Waals surface area contributed by atoms with E-state index in [0.29, 0.717) is 18.4 Å². The third-order valence-corrected chi connectivity index (χ3v) is 5.29. The first-order valence-corrected chi connectivity index (χ1v) is 7.13. The van der Waals surface area contributed by atoms with Crippen molar-refractivity contribution in [3.63, 3.8) is 0 Å². The summed E-state index contributed by atoms with van der Waals surface area (Å²) in [7, 11) is 1.32. The molecule has 5 atom stereocenters. The van der Waals surface area contributed by atoms with Crippen LogP contribution in [0.4, 0.5) is 0 Å². The van der Waals surface area contributed by atoms with Gasteiger partial charge in [-0.1, -0.05) is 25.7 Å². The normalized spacial score (nSPS) is 40.9. The van der Waals surface area contributed by atoms with E-state index >= 15 is 0 Å². The topological polar surface area (TPSA) is 66.8 Å². The highest BCUT2D eigenvalue weighted by Gasteiger charge is 2.53. The number of aliphatic hydroxyl groups excluding tert-OH is 2. The van der Waals surface area contributed by atoms with Gasteiger partial charge in [0.25, 0.3) is 0 Å². The van der Waals surface area contributed by atoms with E-state index in [4.69, 9.17) is 4.74 Å². The van der Waals surface area contributed by atoms with E-state index in [9.17, 15) is 15.0 Å². The van der Waals surface area contributed by atoms with Crippen LogP contribution in [-0.2, 0) is 9.53 Å². The summed E-state index contributed by atoms with van der Waals surface area (Å²) >= 11 is 0. The van der Waals surface area contributed by atoms with Crippen LogP contribution in [0.15, 0.2) is 24.3 Å². The molecular weight excluding hydrogens is 256 g/mol. The fourth-order valence-corrected chi connectivity index (χ4v) is 3.97. The smallest absolute Gasteiger partial charge is 0.333 e. The predicted molar refractivity (Wildman–Crippen MR) is 75.9 cm³/mol. The first-order chi connectivity index (χ1) is 9.32. The average Bonchev–Trinajstić information content (AvgIpc) is 2.42.